The molecule has 0 atom stereocenters. The number of hydrogen-bond acceptors (Lipinski definition) is 3. The van der Waals surface area contributed by atoms with Crippen LogP contribution in [0.5, 0.6) is 0 Å². The lowest BCUT2D eigenvalue weighted by atomic mass is 9.36. The van der Waals surface area contributed by atoms with Gasteiger partial charge in [-0.1, -0.05) is 136 Å². The van der Waals surface area contributed by atoms with Crippen LogP contribution in [-0.2, 0) is 21.7 Å². The number of nitrogens with zero attached hydrogens (tertiary/aromatic N) is 2. The van der Waals surface area contributed by atoms with Crippen molar-refractivity contribution in [2.24, 2.45) is 0 Å². The Balaban J connectivity index is 1.33. The first-order chi connectivity index (χ1) is 28.3. The maximum atomic E-state index is 2.65. The Morgan fingerprint density at radius 1 is 0.567 bits per heavy atom. The molecule has 0 unspecified atom stereocenters. The Morgan fingerprint density at radius 3 is 1.80 bits per heavy atom. The highest BCUT2D eigenvalue weighted by atomic mass is 32.1. The number of anilines is 6. The zero-order chi connectivity index (χ0) is 42.3. The Bertz CT molecular complexity index is 2880. The fourth-order valence-corrected chi connectivity index (χ4v) is 11.9. The number of para-hydroxylation sites is 1. The van der Waals surface area contributed by atoms with E-state index in [1.807, 2.05) is 11.3 Å². The molecule has 0 saturated heterocycles. The minimum Gasteiger partial charge on any atom is -0.311 e. The van der Waals surface area contributed by atoms with E-state index in [0.29, 0.717) is 0 Å². The second-order valence-electron chi connectivity index (χ2n) is 21.4. The van der Waals surface area contributed by atoms with Crippen molar-refractivity contribution in [3.05, 3.63) is 149 Å². The zero-order valence-electron chi connectivity index (χ0n) is 37.8. The quantitative estimate of drug-likeness (QED) is 0.164. The first-order valence-corrected chi connectivity index (χ1v) is 22.9. The van der Waals surface area contributed by atoms with Crippen LogP contribution >= 0.6 is 11.3 Å². The third-order valence-electron chi connectivity index (χ3n) is 14.2. The maximum Gasteiger partial charge on any atom is 0.264 e. The van der Waals surface area contributed by atoms with E-state index in [-0.39, 0.29) is 28.4 Å². The van der Waals surface area contributed by atoms with Gasteiger partial charge in [-0.05, 0) is 147 Å². The molecule has 7 aromatic rings. The molecule has 2 nitrogen and oxygen atoms in total. The minimum atomic E-state index is -0.00990. The summed E-state index contributed by atoms with van der Waals surface area (Å²) in [6.45, 7) is 28.5. The third kappa shape index (κ3) is 5.95. The van der Waals surface area contributed by atoms with Crippen LogP contribution in [0.25, 0.3) is 21.2 Å². The topological polar surface area (TPSA) is 6.48 Å². The van der Waals surface area contributed by atoms with Crippen LogP contribution in [0.4, 0.5) is 34.1 Å². The maximum absolute atomic E-state index is 2.65. The number of thiophene rings is 1. The van der Waals surface area contributed by atoms with Gasteiger partial charge in [-0.3, -0.25) is 0 Å². The van der Waals surface area contributed by atoms with Gasteiger partial charge < -0.3 is 9.80 Å². The van der Waals surface area contributed by atoms with E-state index in [2.05, 4.69) is 208 Å². The average Bonchev–Trinajstić information content (AvgIpc) is 3.57. The van der Waals surface area contributed by atoms with E-state index in [1.165, 1.54) is 117 Å². The molecular weight excluding hydrogens is 744 g/mol. The van der Waals surface area contributed by atoms with Gasteiger partial charge in [-0.25, -0.2) is 0 Å². The molecule has 0 bridgehead atoms. The lowest BCUT2D eigenvalue weighted by Gasteiger charge is -2.44. The molecule has 60 heavy (non-hydrogen) atoms. The molecule has 0 N–H and O–H groups in total. The van der Waals surface area contributed by atoms with Crippen molar-refractivity contribution < 1.29 is 0 Å². The second kappa shape index (κ2) is 13.2. The molecule has 0 radical (unpaired) electrons. The molecule has 3 heterocycles. The van der Waals surface area contributed by atoms with E-state index in [4.69, 9.17) is 0 Å². The monoisotopic (exact) mass is 802 g/mol. The van der Waals surface area contributed by atoms with Crippen LogP contribution in [0.2, 0.25) is 0 Å². The molecule has 302 valence electrons. The number of aryl methyl sites for hydroxylation is 2. The van der Waals surface area contributed by atoms with E-state index in [0.717, 1.165) is 0 Å². The van der Waals surface area contributed by atoms with Gasteiger partial charge in [0.1, 0.15) is 0 Å². The van der Waals surface area contributed by atoms with Gasteiger partial charge in [-0.15, -0.1) is 11.3 Å². The fourth-order valence-electron chi connectivity index (χ4n) is 10.6. The van der Waals surface area contributed by atoms with Crippen LogP contribution in [0.3, 0.4) is 0 Å². The predicted molar refractivity (Wildman–Crippen MR) is 263 cm³/mol. The Morgan fingerprint density at radius 2 is 1.15 bits per heavy atom. The summed E-state index contributed by atoms with van der Waals surface area (Å²) in [5, 5.41) is 1.38. The first kappa shape index (κ1) is 39.1. The molecule has 6 aromatic carbocycles. The van der Waals surface area contributed by atoms with Crippen molar-refractivity contribution in [3.8, 4) is 11.1 Å². The number of hydrogen-bond donors (Lipinski definition) is 0. The van der Waals surface area contributed by atoms with E-state index in [9.17, 15) is 0 Å². The SMILES string of the molecule is Cc1cc2c3c(c1)N(c1ccc(C(C)(C)C)cc1)c1c(sc4cc5c(cc14)C(C)(C)CCC5(C)C)B3c1cc(C(C)(C)C)ccc1N2c1ccccc1-c1ccccc1C. The van der Waals surface area contributed by atoms with Crippen molar-refractivity contribution in [2.45, 2.75) is 118 Å². The standard InChI is InChI=1S/C56H59BN2S/c1-34-29-47-50-48(30-34)59(45-20-16-15-19-40(45)39-18-14-13-17-35(39)2)46-26-23-37(54(6,7)8)31-44(46)57(50)52-51(58(47)38-24-21-36(22-25-38)53(3,4)5)41-32-42-43(33-49(41)60-52)56(11,12)28-27-55(42,9)10/h13-26,29-33H,27-28H2,1-12H3. The Labute approximate surface area is 363 Å². The summed E-state index contributed by atoms with van der Waals surface area (Å²) in [5.41, 5.74) is 21.5. The van der Waals surface area contributed by atoms with Crippen molar-refractivity contribution >= 4 is 78.0 Å². The third-order valence-corrected chi connectivity index (χ3v) is 15.4. The van der Waals surface area contributed by atoms with Gasteiger partial charge in [0, 0.05) is 43.2 Å². The number of fused-ring (bicyclic) bond motifs is 7. The molecule has 10 rings (SSSR count). The summed E-state index contributed by atoms with van der Waals surface area (Å²) in [6, 6.07) is 45.0. The fraction of sp³-hybridized carbons (Fsp3) is 0.321. The summed E-state index contributed by atoms with van der Waals surface area (Å²) in [6.07, 6.45) is 2.40. The predicted octanol–water partition coefficient (Wildman–Crippen LogP) is 14.2. The summed E-state index contributed by atoms with van der Waals surface area (Å²) in [5.74, 6) is 0. The molecule has 3 aliphatic rings. The highest BCUT2D eigenvalue weighted by molar-refractivity contribution is 7.33. The molecule has 0 fully saturated rings. The molecule has 4 heteroatoms. The normalized spacial score (nSPS) is 16.4. The van der Waals surface area contributed by atoms with Gasteiger partial charge in [-0.2, -0.15) is 0 Å². The first-order valence-electron chi connectivity index (χ1n) is 22.1. The lowest BCUT2D eigenvalue weighted by Crippen LogP contribution is -2.60. The smallest absolute Gasteiger partial charge is 0.264 e. The minimum absolute atomic E-state index is 0.00990. The summed E-state index contributed by atoms with van der Waals surface area (Å²) in [4.78, 5) is 5.26. The van der Waals surface area contributed by atoms with Crippen LogP contribution in [-0.4, -0.2) is 6.71 Å². The van der Waals surface area contributed by atoms with Crippen LogP contribution in [0.15, 0.2) is 115 Å². The zero-order valence-corrected chi connectivity index (χ0v) is 38.6. The van der Waals surface area contributed by atoms with Gasteiger partial charge in [0.25, 0.3) is 6.71 Å². The molecule has 0 spiro atoms. The summed E-state index contributed by atoms with van der Waals surface area (Å²) < 4.78 is 2.84. The van der Waals surface area contributed by atoms with Crippen molar-refractivity contribution in [1.29, 1.82) is 0 Å². The largest absolute Gasteiger partial charge is 0.311 e. The van der Waals surface area contributed by atoms with Crippen LogP contribution in [0, 0.1) is 13.8 Å². The van der Waals surface area contributed by atoms with Gasteiger partial charge in [0.05, 0.1) is 11.4 Å². The summed E-state index contributed by atoms with van der Waals surface area (Å²) >= 11 is 2.04. The van der Waals surface area contributed by atoms with Crippen molar-refractivity contribution in [2.75, 3.05) is 9.80 Å². The molecule has 1 aromatic heterocycles. The van der Waals surface area contributed by atoms with E-state index < -0.39 is 0 Å². The molecule has 0 saturated carbocycles. The van der Waals surface area contributed by atoms with E-state index >= 15 is 0 Å². The van der Waals surface area contributed by atoms with Crippen molar-refractivity contribution in [3.63, 3.8) is 0 Å². The van der Waals surface area contributed by atoms with Gasteiger partial charge in [0.15, 0.2) is 0 Å². The molecular formula is C56H59BN2S. The lowest BCUT2D eigenvalue weighted by molar-refractivity contribution is 0.332. The van der Waals surface area contributed by atoms with Crippen LogP contribution in [0.1, 0.15) is 115 Å². The highest BCUT2D eigenvalue weighted by Crippen LogP contribution is 2.53. The Hall–Kier alpha value is -5.06. The van der Waals surface area contributed by atoms with Gasteiger partial charge in [0.2, 0.25) is 0 Å². The van der Waals surface area contributed by atoms with Crippen molar-refractivity contribution in [1.82, 2.24) is 0 Å². The van der Waals surface area contributed by atoms with Crippen LogP contribution < -0.4 is 25.5 Å². The average molecular weight is 803 g/mol. The van der Waals surface area contributed by atoms with E-state index in [1.54, 1.807) is 0 Å². The molecule has 2 aliphatic heterocycles. The molecule has 1 aliphatic carbocycles. The number of benzene rings is 6. The van der Waals surface area contributed by atoms with Gasteiger partial charge >= 0.3 is 0 Å². The number of rotatable bonds is 3. The highest BCUT2D eigenvalue weighted by Gasteiger charge is 2.47. The molecule has 0 amide bonds. The second-order valence-corrected chi connectivity index (χ2v) is 22.5. The Kier molecular flexibility index (Phi) is 8.62. The summed E-state index contributed by atoms with van der Waals surface area (Å²) in [7, 11) is 0.